The maximum absolute atomic E-state index is 13.1. The zero-order chi connectivity index (χ0) is 23.6. The Morgan fingerprint density at radius 3 is 2.73 bits per heavy atom. The summed E-state index contributed by atoms with van der Waals surface area (Å²) >= 11 is 0. The largest absolute Gasteiger partial charge is 0.458 e. The molecule has 6 atom stereocenters. The average molecular weight is 456 g/mol. The molecule has 0 heterocycles. The fourth-order valence-corrected chi connectivity index (χ4v) is 7.91. The predicted octanol–water partition coefficient (Wildman–Crippen LogP) is 5.73. The van der Waals surface area contributed by atoms with Crippen molar-refractivity contribution in [3.63, 3.8) is 0 Å². The highest BCUT2D eigenvalue weighted by Gasteiger charge is 2.60. The van der Waals surface area contributed by atoms with Crippen molar-refractivity contribution in [1.82, 2.24) is 0 Å². The molecule has 6 unspecified atom stereocenters. The third-order valence-electron chi connectivity index (χ3n) is 9.68. The van der Waals surface area contributed by atoms with Gasteiger partial charge in [0.25, 0.3) is 0 Å². The van der Waals surface area contributed by atoms with E-state index in [2.05, 4.69) is 23.9 Å². The van der Waals surface area contributed by atoms with Gasteiger partial charge in [0, 0.05) is 30.2 Å². The zero-order valence-corrected chi connectivity index (χ0v) is 20.1. The second kappa shape index (κ2) is 9.61. The van der Waals surface area contributed by atoms with Crippen LogP contribution in [-0.2, 0) is 19.1 Å². The van der Waals surface area contributed by atoms with E-state index in [9.17, 15) is 14.4 Å². The van der Waals surface area contributed by atoms with Crippen LogP contribution in [0, 0.1) is 34.5 Å². The highest BCUT2D eigenvalue weighted by molar-refractivity contribution is 5.91. The topological polar surface area (TPSA) is 109 Å². The van der Waals surface area contributed by atoms with Crippen molar-refractivity contribution < 1.29 is 19.1 Å². The number of fused-ring (bicyclic) bond motifs is 5. The maximum Gasteiger partial charge on any atom is 0.306 e. The Morgan fingerprint density at radius 2 is 1.94 bits per heavy atom. The van der Waals surface area contributed by atoms with Crippen LogP contribution in [0.15, 0.2) is 16.8 Å². The van der Waals surface area contributed by atoms with Gasteiger partial charge in [0.2, 0.25) is 0 Å². The minimum Gasteiger partial charge on any atom is -0.458 e. The monoisotopic (exact) mass is 455 g/mol. The normalized spacial score (nSPS) is 37.2. The number of rotatable bonds is 8. The van der Waals surface area contributed by atoms with Crippen molar-refractivity contribution >= 4 is 17.5 Å². The van der Waals surface area contributed by atoms with Gasteiger partial charge in [0.1, 0.15) is 6.61 Å². The standard InChI is InChI=1S/C26H37N3O4/c1-25-12-10-18(30)15-17(25)6-7-19-20-8-9-22(26(20,2)13-11-21(19)25)23(31)16-33-24(32)5-3-4-14-28-29-27/h15,19-22H,3-14,16H2,1-2H3. The van der Waals surface area contributed by atoms with Crippen molar-refractivity contribution in [3.8, 4) is 0 Å². The first-order valence-corrected chi connectivity index (χ1v) is 12.7. The lowest BCUT2D eigenvalue weighted by atomic mass is 9.46. The Bertz CT molecular complexity index is 892. The van der Waals surface area contributed by atoms with E-state index in [0.717, 1.165) is 44.9 Å². The molecule has 4 rings (SSSR count). The van der Waals surface area contributed by atoms with Crippen molar-refractivity contribution in [1.29, 1.82) is 0 Å². The lowest BCUT2D eigenvalue weighted by Gasteiger charge is -2.58. The quantitative estimate of drug-likeness (QED) is 0.153. The van der Waals surface area contributed by atoms with Crippen LogP contribution in [0.25, 0.3) is 10.4 Å². The number of ketones is 2. The second-order valence-corrected chi connectivity index (χ2v) is 11.2. The third kappa shape index (κ3) is 4.49. The maximum atomic E-state index is 13.1. The number of hydrogen-bond donors (Lipinski definition) is 0. The van der Waals surface area contributed by atoms with Crippen molar-refractivity contribution in [2.45, 2.75) is 84.5 Å². The molecule has 0 saturated heterocycles. The van der Waals surface area contributed by atoms with E-state index in [4.69, 9.17) is 10.3 Å². The number of nitrogens with zero attached hydrogens (tertiary/aromatic N) is 3. The second-order valence-electron chi connectivity index (χ2n) is 11.2. The van der Waals surface area contributed by atoms with Crippen molar-refractivity contribution in [2.24, 2.45) is 39.6 Å². The highest BCUT2D eigenvalue weighted by atomic mass is 16.5. The Labute approximate surface area is 196 Å². The molecule has 0 amide bonds. The molecule has 7 nitrogen and oxygen atoms in total. The summed E-state index contributed by atoms with van der Waals surface area (Å²) in [4.78, 5) is 39.9. The van der Waals surface area contributed by atoms with Crippen LogP contribution in [0.5, 0.6) is 0 Å². The number of hydrogen-bond acceptors (Lipinski definition) is 5. The van der Waals surface area contributed by atoms with Crippen LogP contribution in [0.4, 0.5) is 0 Å². The molecule has 0 aromatic carbocycles. The fraction of sp³-hybridized carbons (Fsp3) is 0.808. The molecular weight excluding hydrogens is 418 g/mol. The molecule has 0 bridgehead atoms. The van der Waals surface area contributed by atoms with Gasteiger partial charge in [-0.2, -0.15) is 0 Å². The Morgan fingerprint density at radius 1 is 1.12 bits per heavy atom. The smallest absolute Gasteiger partial charge is 0.306 e. The number of carbonyl (C=O) groups excluding carboxylic acids is 3. The van der Waals surface area contributed by atoms with Gasteiger partial charge in [-0.25, -0.2) is 0 Å². The van der Waals surface area contributed by atoms with Gasteiger partial charge in [-0.1, -0.05) is 24.5 Å². The van der Waals surface area contributed by atoms with E-state index in [1.807, 2.05) is 6.08 Å². The van der Waals surface area contributed by atoms with E-state index >= 15 is 0 Å². The Balaban J connectivity index is 1.35. The van der Waals surface area contributed by atoms with E-state index in [1.54, 1.807) is 0 Å². The van der Waals surface area contributed by atoms with Gasteiger partial charge in [-0.05, 0) is 98.0 Å². The molecule has 3 saturated carbocycles. The number of ether oxygens (including phenoxy) is 1. The van der Waals surface area contributed by atoms with E-state index < -0.39 is 0 Å². The number of Topliss-reactive ketones (excluding diaryl/α,β-unsaturated/α-hetero) is 1. The molecule has 33 heavy (non-hydrogen) atoms. The van der Waals surface area contributed by atoms with Gasteiger partial charge in [0.15, 0.2) is 11.6 Å². The average Bonchev–Trinajstić information content (AvgIpc) is 3.15. The van der Waals surface area contributed by atoms with Gasteiger partial charge in [0.05, 0.1) is 0 Å². The van der Waals surface area contributed by atoms with Crippen LogP contribution in [0.3, 0.4) is 0 Å². The molecule has 0 aliphatic heterocycles. The molecule has 3 fully saturated rings. The number of esters is 1. The fourth-order valence-electron chi connectivity index (χ4n) is 7.91. The summed E-state index contributed by atoms with van der Waals surface area (Å²) in [5.41, 5.74) is 9.79. The first kappa shape index (κ1) is 24.0. The summed E-state index contributed by atoms with van der Waals surface area (Å²) in [5, 5.41) is 3.46. The van der Waals surface area contributed by atoms with Gasteiger partial charge in [-0.15, -0.1) is 0 Å². The summed E-state index contributed by atoms with van der Waals surface area (Å²) in [6.45, 7) is 4.94. The molecule has 180 valence electrons. The lowest BCUT2D eigenvalue weighted by molar-refractivity contribution is -0.151. The molecule has 0 aromatic heterocycles. The summed E-state index contributed by atoms with van der Waals surface area (Å²) in [6.07, 6.45) is 11.4. The number of carbonyl (C=O) groups is 3. The summed E-state index contributed by atoms with van der Waals surface area (Å²) in [6, 6.07) is 0. The zero-order valence-electron chi connectivity index (χ0n) is 20.1. The summed E-state index contributed by atoms with van der Waals surface area (Å²) < 4.78 is 5.32. The van der Waals surface area contributed by atoms with Crippen LogP contribution in [0.1, 0.15) is 84.5 Å². The molecule has 4 aliphatic carbocycles. The Hall–Kier alpha value is -2.14. The summed E-state index contributed by atoms with van der Waals surface area (Å²) in [7, 11) is 0. The van der Waals surface area contributed by atoms with Crippen LogP contribution >= 0.6 is 0 Å². The number of unbranched alkanes of at least 4 members (excludes halogenated alkanes) is 1. The van der Waals surface area contributed by atoms with Crippen LogP contribution in [-0.4, -0.2) is 30.7 Å². The third-order valence-corrected chi connectivity index (χ3v) is 9.68. The molecule has 0 spiro atoms. The SMILES string of the molecule is CC12CCC(=O)C=C1CCC1C2CCC2(C)C(C(=O)COC(=O)CCCCN=[N+]=[N-])CCC12. The molecule has 0 N–H and O–H groups in total. The van der Waals surface area contributed by atoms with Crippen molar-refractivity contribution in [2.75, 3.05) is 13.2 Å². The Kier molecular flexibility index (Phi) is 6.99. The van der Waals surface area contributed by atoms with Crippen molar-refractivity contribution in [3.05, 3.63) is 22.1 Å². The van der Waals surface area contributed by atoms with E-state index in [-0.39, 0.29) is 41.5 Å². The van der Waals surface area contributed by atoms with E-state index in [1.165, 1.54) is 5.57 Å². The van der Waals surface area contributed by atoms with Gasteiger partial charge in [-0.3, -0.25) is 14.4 Å². The molecule has 4 aliphatic rings. The van der Waals surface area contributed by atoms with E-state index in [0.29, 0.717) is 49.3 Å². The first-order chi connectivity index (χ1) is 15.8. The lowest BCUT2D eigenvalue weighted by Crippen LogP contribution is -2.51. The van der Waals surface area contributed by atoms with Gasteiger partial charge >= 0.3 is 5.97 Å². The van der Waals surface area contributed by atoms with Crippen LogP contribution in [0.2, 0.25) is 0 Å². The minimum absolute atomic E-state index is 0.0119. The predicted molar refractivity (Wildman–Crippen MR) is 124 cm³/mol. The number of azide groups is 1. The molecule has 0 radical (unpaired) electrons. The van der Waals surface area contributed by atoms with Gasteiger partial charge < -0.3 is 4.74 Å². The van der Waals surface area contributed by atoms with Crippen LogP contribution < -0.4 is 0 Å². The molecule has 7 heteroatoms. The minimum atomic E-state index is -0.348. The molecule has 0 aromatic rings. The summed E-state index contributed by atoms with van der Waals surface area (Å²) in [5.74, 6) is 1.76. The highest BCUT2D eigenvalue weighted by Crippen LogP contribution is 2.66. The number of allylic oxidation sites excluding steroid dienone is 1. The first-order valence-electron chi connectivity index (χ1n) is 12.7. The molecular formula is C26H37N3O4.